The van der Waals surface area contributed by atoms with Crippen LogP contribution in [-0.2, 0) is 5.41 Å². The highest BCUT2D eigenvalue weighted by Crippen LogP contribution is 2.37. The van der Waals surface area contributed by atoms with Crippen molar-refractivity contribution in [1.82, 2.24) is 0 Å². The van der Waals surface area contributed by atoms with Gasteiger partial charge in [-0.15, -0.1) is 0 Å². The quantitative estimate of drug-likeness (QED) is 0.852. The van der Waals surface area contributed by atoms with Crippen LogP contribution in [0.5, 0.6) is 0 Å². The highest BCUT2D eigenvalue weighted by Gasteiger charge is 2.39. The van der Waals surface area contributed by atoms with Crippen molar-refractivity contribution in [3.8, 4) is 0 Å². The molecule has 0 aliphatic carbocycles. The Hall–Kier alpha value is -1.00. The first-order chi connectivity index (χ1) is 7.72. The van der Waals surface area contributed by atoms with Gasteiger partial charge in [-0.25, -0.2) is 8.78 Å². The molecule has 17 heavy (non-hydrogen) atoms. The van der Waals surface area contributed by atoms with Gasteiger partial charge in [0.15, 0.2) is 11.6 Å². The molecule has 0 aliphatic rings. The standard InChI is InChI=1S/C13H19F2NO/c1-12(2,16)13(3,6-7-17)9-4-5-10(14)11(15)8-9/h4-5,8,17H,6-7,16H2,1-3H3. The highest BCUT2D eigenvalue weighted by molar-refractivity contribution is 5.30. The lowest BCUT2D eigenvalue weighted by Gasteiger charge is -2.42. The number of hydrogen-bond donors (Lipinski definition) is 2. The van der Waals surface area contributed by atoms with E-state index in [0.717, 1.165) is 12.1 Å². The fourth-order valence-electron chi connectivity index (χ4n) is 1.90. The zero-order chi connectivity index (χ0) is 13.3. The Morgan fingerprint density at radius 1 is 1.18 bits per heavy atom. The first kappa shape index (κ1) is 14.1. The van der Waals surface area contributed by atoms with Gasteiger partial charge in [0.2, 0.25) is 0 Å². The Morgan fingerprint density at radius 2 is 1.76 bits per heavy atom. The summed E-state index contributed by atoms with van der Waals surface area (Å²) in [6, 6.07) is 3.76. The van der Waals surface area contributed by atoms with Crippen molar-refractivity contribution in [3.63, 3.8) is 0 Å². The maximum Gasteiger partial charge on any atom is 0.159 e. The maximum atomic E-state index is 13.3. The third kappa shape index (κ3) is 2.64. The van der Waals surface area contributed by atoms with E-state index < -0.39 is 22.6 Å². The molecule has 0 heterocycles. The van der Waals surface area contributed by atoms with Crippen LogP contribution < -0.4 is 5.73 Å². The van der Waals surface area contributed by atoms with Crippen LogP contribution in [-0.4, -0.2) is 17.3 Å². The summed E-state index contributed by atoms with van der Waals surface area (Å²) in [5, 5.41) is 9.13. The van der Waals surface area contributed by atoms with Crippen molar-refractivity contribution >= 4 is 0 Å². The summed E-state index contributed by atoms with van der Waals surface area (Å²) in [5.41, 5.74) is 5.42. The van der Waals surface area contributed by atoms with Crippen molar-refractivity contribution in [1.29, 1.82) is 0 Å². The zero-order valence-electron chi connectivity index (χ0n) is 10.4. The molecule has 0 fully saturated rings. The molecule has 0 aliphatic heterocycles. The molecular weight excluding hydrogens is 224 g/mol. The van der Waals surface area contributed by atoms with Crippen molar-refractivity contribution in [2.75, 3.05) is 6.61 Å². The number of rotatable bonds is 4. The van der Waals surface area contributed by atoms with Crippen LogP contribution in [0.2, 0.25) is 0 Å². The number of halogens is 2. The predicted molar refractivity (Wildman–Crippen MR) is 63.7 cm³/mol. The Balaban J connectivity index is 3.28. The second kappa shape index (κ2) is 4.70. The number of aliphatic hydroxyl groups is 1. The second-order valence-corrected chi connectivity index (χ2v) is 5.16. The molecule has 1 aromatic rings. The topological polar surface area (TPSA) is 46.2 Å². The summed E-state index contributed by atoms with van der Waals surface area (Å²) >= 11 is 0. The van der Waals surface area contributed by atoms with Crippen LogP contribution >= 0.6 is 0 Å². The molecule has 2 nitrogen and oxygen atoms in total. The van der Waals surface area contributed by atoms with Crippen LogP contribution in [0.1, 0.15) is 32.8 Å². The lowest BCUT2D eigenvalue weighted by Crippen LogP contribution is -2.52. The molecule has 1 atom stereocenters. The molecule has 0 saturated carbocycles. The number of benzene rings is 1. The maximum absolute atomic E-state index is 13.3. The van der Waals surface area contributed by atoms with E-state index in [9.17, 15) is 8.78 Å². The molecule has 3 N–H and O–H groups in total. The zero-order valence-corrected chi connectivity index (χ0v) is 10.4. The summed E-state index contributed by atoms with van der Waals surface area (Å²) in [5.74, 6) is -1.77. The third-order valence-electron chi connectivity index (χ3n) is 3.59. The molecule has 0 amide bonds. The largest absolute Gasteiger partial charge is 0.396 e. The minimum atomic E-state index is -0.893. The molecule has 1 rings (SSSR count). The van der Waals surface area contributed by atoms with E-state index in [1.807, 2.05) is 20.8 Å². The molecule has 0 radical (unpaired) electrons. The Kier molecular flexibility index (Phi) is 3.89. The Bertz CT molecular complexity index is 401. The summed E-state index contributed by atoms with van der Waals surface area (Å²) in [6.07, 6.45) is 0.390. The van der Waals surface area contributed by atoms with Gasteiger partial charge in [0.1, 0.15) is 0 Å². The number of aliphatic hydroxyl groups excluding tert-OH is 1. The first-order valence-corrected chi connectivity index (χ1v) is 5.57. The van der Waals surface area contributed by atoms with E-state index in [4.69, 9.17) is 10.8 Å². The molecule has 0 spiro atoms. The van der Waals surface area contributed by atoms with Gasteiger partial charge in [0.25, 0.3) is 0 Å². The molecule has 0 saturated heterocycles. The molecule has 0 aromatic heterocycles. The fourth-order valence-corrected chi connectivity index (χ4v) is 1.90. The van der Waals surface area contributed by atoms with Gasteiger partial charge in [0.05, 0.1) is 0 Å². The van der Waals surface area contributed by atoms with E-state index in [0.29, 0.717) is 12.0 Å². The van der Waals surface area contributed by atoms with Crippen LogP contribution in [0.15, 0.2) is 18.2 Å². The summed E-state index contributed by atoms with van der Waals surface area (Å²) in [4.78, 5) is 0. The van der Waals surface area contributed by atoms with Crippen molar-refractivity contribution in [2.24, 2.45) is 5.73 Å². The van der Waals surface area contributed by atoms with E-state index >= 15 is 0 Å². The molecular formula is C13H19F2NO. The van der Waals surface area contributed by atoms with Crippen LogP contribution in [0.25, 0.3) is 0 Å². The first-order valence-electron chi connectivity index (χ1n) is 5.57. The predicted octanol–water partition coefficient (Wildman–Crippen LogP) is 2.34. The van der Waals surface area contributed by atoms with E-state index in [1.54, 1.807) is 0 Å². The minimum absolute atomic E-state index is 0.0594. The Labute approximate surface area is 100 Å². The van der Waals surface area contributed by atoms with Crippen molar-refractivity contribution in [2.45, 2.75) is 38.1 Å². The van der Waals surface area contributed by atoms with Gasteiger partial charge >= 0.3 is 0 Å². The smallest absolute Gasteiger partial charge is 0.159 e. The average Bonchev–Trinajstić information content (AvgIpc) is 2.20. The minimum Gasteiger partial charge on any atom is -0.396 e. The van der Waals surface area contributed by atoms with E-state index in [1.165, 1.54) is 6.07 Å². The van der Waals surface area contributed by atoms with Gasteiger partial charge < -0.3 is 10.8 Å². The number of hydrogen-bond acceptors (Lipinski definition) is 2. The van der Waals surface area contributed by atoms with E-state index in [-0.39, 0.29) is 6.61 Å². The van der Waals surface area contributed by atoms with Gasteiger partial charge in [0, 0.05) is 17.6 Å². The molecule has 4 heteroatoms. The lowest BCUT2D eigenvalue weighted by atomic mass is 9.67. The Morgan fingerprint density at radius 3 is 2.18 bits per heavy atom. The molecule has 1 aromatic carbocycles. The third-order valence-corrected chi connectivity index (χ3v) is 3.59. The summed E-state index contributed by atoms with van der Waals surface area (Å²) in [7, 11) is 0. The van der Waals surface area contributed by atoms with Crippen LogP contribution in [0, 0.1) is 11.6 Å². The second-order valence-electron chi connectivity index (χ2n) is 5.16. The highest BCUT2D eigenvalue weighted by atomic mass is 19.2. The van der Waals surface area contributed by atoms with Crippen LogP contribution in [0.4, 0.5) is 8.78 Å². The van der Waals surface area contributed by atoms with Gasteiger partial charge in [-0.2, -0.15) is 0 Å². The van der Waals surface area contributed by atoms with Gasteiger partial charge in [-0.1, -0.05) is 13.0 Å². The summed E-state index contributed by atoms with van der Waals surface area (Å²) < 4.78 is 26.2. The molecule has 0 bridgehead atoms. The van der Waals surface area contributed by atoms with Crippen molar-refractivity contribution < 1.29 is 13.9 Å². The fraction of sp³-hybridized carbons (Fsp3) is 0.538. The summed E-state index contributed by atoms with van der Waals surface area (Å²) in [6.45, 7) is 5.40. The number of nitrogens with two attached hydrogens (primary N) is 1. The lowest BCUT2D eigenvalue weighted by molar-refractivity contribution is 0.190. The average molecular weight is 243 g/mol. The monoisotopic (exact) mass is 243 g/mol. The van der Waals surface area contributed by atoms with Crippen molar-refractivity contribution in [3.05, 3.63) is 35.4 Å². The SMILES string of the molecule is CC(C)(N)C(C)(CCO)c1ccc(F)c(F)c1. The van der Waals surface area contributed by atoms with Crippen LogP contribution in [0.3, 0.4) is 0 Å². The van der Waals surface area contributed by atoms with Gasteiger partial charge in [-0.3, -0.25) is 0 Å². The molecule has 1 unspecified atom stereocenters. The molecule has 96 valence electrons. The normalized spacial score (nSPS) is 15.7. The van der Waals surface area contributed by atoms with E-state index in [2.05, 4.69) is 0 Å². The van der Waals surface area contributed by atoms with Gasteiger partial charge in [-0.05, 0) is 38.0 Å².